The van der Waals surface area contributed by atoms with E-state index >= 15 is 0 Å². The lowest BCUT2D eigenvalue weighted by molar-refractivity contribution is 0.0511. The smallest absolute Gasteiger partial charge is 0.407 e. The average molecular weight is 300 g/mol. The van der Waals surface area contributed by atoms with E-state index in [0.29, 0.717) is 18.6 Å². The summed E-state index contributed by atoms with van der Waals surface area (Å²) in [7, 11) is 0. The van der Waals surface area contributed by atoms with Crippen LogP contribution in [0.1, 0.15) is 59.8 Å². The highest BCUT2D eigenvalue weighted by Crippen LogP contribution is 2.10. The second kappa shape index (κ2) is 9.26. The highest BCUT2D eigenvalue weighted by molar-refractivity contribution is 5.67. The molecule has 0 spiro atoms. The molecule has 0 saturated carbocycles. The van der Waals surface area contributed by atoms with E-state index in [1.807, 2.05) is 20.8 Å². The topological polar surface area (TPSA) is 59.6 Å². The van der Waals surface area contributed by atoms with E-state index < -0.39 is 5.60 Å². The number of unbranched alkanes of at least 4 members (excludes halogenated alkanes) is 1. The molecule has 1 fully saturated rings. The largest absolute Gasteiger partial charge is 0.444 e. The monoisotopic (exact) mass is 300 g/mol. The van der Waals surface area contributed by atoms with Crippen molar-refractivity contribution in [3.63, 3.8) is 0 Å². The minimum atomic E-state index is -0.447. The normalized spacial score (nSPS) is 18.3. The second-order valence-corrected chi connectivity index (χ2v) is 6.78. The van der Waals surface area contributed by atoms with Crippen LogP contribution < -0.4 is 10.6 Å². The van der Waals surface area contributed by atoms with Crippen LogP contribution in [0.4, 0.5) is 4.79 Å². The third kappa shape index (κ3) is 8.94. The van der Waals surface area contributed by atoms with Crippen LogP contribution in [0, 0.1) is 0 Å². The van der Waals surface area contributed by atoms with E-state index in [9.17, 15) is 4.79 Å². The third-order valence-corrected chi connectivity index (χ3v) is 3.49. The minimum Gasteiger partial charge on any atom is -0.444 e. The van der Waals surface area contributed by atoms with Crippen molar-refractivity contribution in [2.75, 3.05) is 19.8 Å². The van der Waals surface area contributed by atoms with Gasteiger partial charge in [-0.15, -0.1) is 0 Å². The van der Waals surface area contributed by atoms with Crippen molar-refractivity contribution < 1.29 is 14.3 Å². The maximum Gasteiger partial charge on any atom is 0.407 e. The Bertz CT molecular complexity index is 296. The van der Waals surface area contributed by atoms with Gasteiger partial charge in [-0.25, -0.2) is 4.79 Å². The molecule has 1 unspecified atom stereocenters. The van der Waals surface area contributed by atoms with Gasteiger partial charge in [0, 0.05) is 31.8 Å². The number of carbonyl (C=O) groups is 1. The molecule has 0 aromatic heterocycles. The molecule has 1 atom stereocenters. The Hall–Kier alpha value is -0.810. The van der Waals surface area contributed by atoms with Gasteiger partial charge in [0.2, 0.25) is 0 Å². The Morgan fingerprint density at radius 2 is 2.00 bits per heavy atom. The Kier molecular flexibility index (Phi) is 8.04. The fraction of sp³-hybridized carbons (Fsp3) is 0.938. The molecule has 1 amide bonds. The van der Waals surface area contributed by atoms with E-state index in [0.717, 1.165) is 38.9 Å². The summed E-state index contributed by atoms with van der Waals surface area (Å²) >= 11 is 0. The summed E-state index contributed by atoms with van der Waals surface area (Å²) in [5, 5.41) is 6.54. The lowest BCUT2D eigenvalue weighted by Gasteiger charge is -2.29. The highest BCUT2D eigenvalue weighted by atomic mass is 16.6. The minimum absolute atomic E-state index is 0.306. The van der Waals surface area contributed by atoms with Crippen LogP contribution in [0.15, 0.2) is 0 Å². The van der Waals surface area contributed by atoms with Crippen molar-refractivity contribution in [2.45, 2.75) is 77.5 Å². The molecule has 2 N–H and O–H groups in total. The SMILES string of the molecule is CCCCC(CNC(=O)OC(C)(C)C)NC1CCOCC1. The predicted molar refractivity (Wildman–Crippen MR) is 84.5 cm³/mol. The summed E-state index contributed by atoms with van der Waals surface area (Å²) in [4.78, 5) is 11.7. The molecule has 1 saturated heterocycles. The summed E-state index contributed by atoms with van der Waals surface area (Å²) in [6.45, 7) is 10.1. The molecule has 0 aromatic rings. The van der Waals surface area contributed by atoms with Crippen LogP contribution >= 0.6 is 0 Å². The number of hydrogen-bond donors (Lipinski definition) is 2. The van der Waals surface area contributed by atoms with E-state index in [2.05, 4.69) is 17.6 Å². The quantitative estimate of drug-likeness (QED) is 0.759. The number of hydrogen-bond acceptors (Lipinski definition) is 4. The van der Waals surface area contributed by atoms with Crippen LogP contribution in [-0.4, -0.2) is 43.5 Å². The van der Waals surface area contributed by atoms with Crippen molar-refractivity contribution in [2.24, 2.45) is 0 Å². The lowest BCUT2D eigenvalue weighted by Crippen LogP contribution is -2.48. The molecule has 5 heteroatoms. The number of alkyl carbamates (subject to hydrolysis) is 1. The Morgan fingerprint density at radius 3 is 2.57 bits per heavy atom. The number of rotatable bonds is 7. The van der Waals surface area contributed by atoms with E-state index in [-0.39, 0.29) is 6.09 Å². The maximum atomic E-state index is 11.7. The second-order valence-electron chi connectivity index (χ2n) is 6.78. The summed E-state index contributed by atoms with van der Waals surface area (Å²) in [5.41, 5.74) is -0.447. The van der Waals surface area contributed by atoms with Gasteiger partial charge in [0.25, 0.3) is 0 Å². The van der Waals surface area contributed by atoms with Gasteiger partial charge < -0.3 is 20.1 Å². The van der Waals surface area contributed by atoms with Crippen LogP contribution in [0.2, 0.25) is 0 Å². The molecular formula is C16H32N2O3. The molecule has 124 valence electrons. The van der Waals surface area contributed by atoms with E-state index in [1.54, 1.807) is 0 Å². The number of ether oxygens (including phenoxy) is 2. The first kappa shape index (κ1) is 18.2. The molecule has 1 heterocycles. The van der Waals surface area contributed by atoms with Gasteiger partial charge >= 0.3 is 6.09 Å². The molecule has 0 aliphatic carbocycles. The predicted octanol–water partition coefficient (Wildman–Crippen LogP) is 2.84. The standard InChI is InChI=1S/C16H32N2O3/c1-5-6-7-14(18-13-8-10-20-11-9-13)12-17-15(19)21-16(2,3)4/h13-14,18H,5-12H2,1-4H3,(H,17,19). The molecular weight excluding hydrogens is 268 g/mol. The fourth-order valence-corrected chi connectivity index (χ4v) is 2.41. The average Bonchev–Trinajstić information content (AvgIpc) is 2.41. The zero-order valence-corrected chi connectivity index (χ0v) is 14.0. The molecule has 21 heavy (non-hydrogen) atoms. The van der Waals surface area contributed by atoms with Crippen molar-refractivity contribution in [1.29, 1.82) is 0 Å². The summed E-state index contributed by atoms with van der Waals surface area (Å²) in [6, 6.07) is 0.807. The van der Waals surface area contributed by atoms with Crippen LogP contribution in [0.25, 0.3) is 0 Å². The third-order valence-electron chi connectivity index (χ3n) is 3.49. The first-order valence-corrected chi connectivity index (χ1v) is 8.21. The van der Waals surface area contributed by atoms with Gasteiger partial charge in [-0.1, -0.05) is 19.8 Å². The molecule has 1 aliphatic heterocycles. The van der Waals surface area contributed by atoms with Crippen molar-refractivity contribution in [3.8, 4) is 0 Å². The van der Waals surface area contributed by atoms with Crippen molar-refractivity contribution in [3.05, 3.63) is 0 Å². The molecule has 1 rings (SSSR count). The Labute approximate surface area is 129 Å². The zero-order valence-electron chi connectivity index (χ0n) is 14.0. The van der Waals surface area contributed by atoms with Crippen molar-refractivity contribution in [1.82, 2.24) is 10.6 Å². The Balaban J connectivity index is 2.36. The summed E-state index contributed by atoms with van der Waals surface area (Å²) in [5.74, 6) is 0. The summed E-state index contributed by atoms with van der Waals surface area (Å²) < 4.78 is 10.7. The Morgan fingerprint density at radius 1 is 1.33 bits per heavy atom. The number of nitrogens with one attached hydrogen (secondary N) is 2. The van der Waals surface area contributed by atoms with Gasteiger partial charge in [-0.3, -0.25) is 0 Å². The first-order valence-electron chi connectivity index (χ1n) is 8.21. The summed E-state index contributed by atoms with van der Waals surface area (Å²) in [6.07, 6.45) is 5.17. The number of carbonyl (C=O) groups excluding carboxylic acids is 1. The van der Waals surface area contributed by atoms with Crippen LogP contribution in [-0.2, 0) is 9.47 Å². The van der Waals surface area contributed by atoms with Gasteiger partial charge in [0.05, 0.1) is 0 Å². The van der Waals surface area contributed by atoms with Gasteiger partial charge in [-0.05, 0) is 40.0 Å². The highest BCUT2D eigenvalue weighted by Gasteiger charge is 2.20. The van der Waals surface area contributed by atoms with Crippen LogP contribution in [0.3, 0.4) is 0 Å². The lowest BCUT2D eigenvalue weighted by atomic mass is 10.0. The van der Waals surface area contributed by atoms with Gasteiger partial charge in [0.15, 0.2) is 0 Å². The van der Waals surface area contributed by atoms with E-state index in [1.165, 1.54) is 6.42 Å². The molecule has 5 nitrogen and oxygen atoms in total. The zero-order chi connectivity index (χ0) is 15.7. The van der Waals surface area contributed by atoms with E-state index in [4.69, 9.17) is 9.47 Å². The first-order chi connectivity index (χ1) is 9.90. The molecule has 1 aliphatic rings. The number of amides is 1. The molecule has 0 bridgehead atoms. The van der Waals surface area contributed by atoms with Gasteiger partial charge in [-0.2, -0.15) is 0 Å². The molecule has 0 aromatic carbocycles. The van der Waals surface area contributed by atoms with Gasteiger partial charge in [0.1, 0.15) is 5.60 Å². The maximum absolute atomic E-state index is 11.7. The van der Waals surface area contributed by atoms with Crippen LogP contribution in [0.5, 0.6) is 0 Å². The van der Waals surface area contributed by atoms with Crippen molar-refractivity contribution >= 4 is 6.09 Å². The fourth-order valence-electron chi connectivity index (χ4n) is 2.41. The molecule has 0 radical (unpaired) electrons.